The molecular weight excluding hydrogens is 494 g/mol. The lowest BCUT2D eigenvalue weighted by atomic mass is 9.90. The highest BCUT2D eigenvalue weighted by atomic mass is 79.9. The minimum absolute atomic E-state index is 0.0202. The van der Waals surface area contributed by atoms with Gasteiger partial charge in [-0.15, -0.1) is 0 Å². The molecule has 2 N–H and O–H groups in total. The van der Waals surface area contributed by atoms with E-state index in [0.29, 0.717) is 5.56 Å². The molecule has 3 aromatic rings. The molecule has 32 heavy (non-hydrogen) atoms. The molecule has 6 nitrogen and oxygen atoms in total. The zero-order valence-corrected chi connectivity index (χ0v) is 20.1. The van der Waals surface area contributed by atoms with Crippen LogP contribution in [-0.2, 0) is 26.2 Å². The Hall–Kier alpha value is -2.52. The molecule has 0 aromatic heterocycles. The molecule has 8 heteroatoms. The molecule has 0 saturated carbocycles. The summed E-state index contributed by atoms with van der Waals surface area (Å²) in [5, 5.41) is 11.1. The van der Waals surface area contributed by atoms with Crippen molar-refractivity contribution >= 4 is 31.9 Å². The maximum atomic E-state index is 13.2. The molecule has 0 heterocycles. The maximum Gasteiger partial charge on any atom is 0.330 e. The number of aliphatic hydroxyl groups excluding tert-OH is 1. The van der Waals surface area contributed by atoms with Crippen molar-refractivity contribution in [3.63, 3.8) is 0 Å². The van der Waals surface area contributed by atoms with Crippen LogP contribution in [0.5, 0.6) is 0 Å². The molecular formula is C24H24BrNO5S. The first kappa shape index (κ1) is 24.1. The van der Waals surface area contributed by atoms with Crippen molar-refractivity contribution in [2.45, 2.75) is 37.0 Å². The van der Waals surface area contributed by atoms with Crippen molar-refractivity contribution in [1.82, 2.24) is 4.72 Å². The van der Waals surface area contributed by atoms with E-state index in [9.17, 15) is 18.3 Å². The zero-order valence-electron chi connectivity index (χ0n) is 17.7. The van der Waals surface area contributed by atoms with E-state index in [1.54, 1.807) is 60.7 Å². The van der Waals surface area contributed by atoms with E-state index in [0.717, 1.165) is 15.6 Å². The Kier molecular flexibility index (Phi) is 7.51. The highest BCUT2D eigenvalue weighted by Gasteiger charge is 2.46. The maximum absolute atomic E-state index is 13.2. The summed E-state index contributed by atoms with van der Waals surface area (Å²) in [6, 6.07) is 21.8. The Balaban J connectivity index is 1.94. The fraction of sp³-hybridized carbons (Fsp3) is 0.208. The van der Waals surface area contributed by atoms with Crippen molar-refractivity contribution in [2.75, 3.05) is 0 Å². The van der Waals surface area contributed by atoms with Crippen molar-refractivity contribution in [3.8, 4) is 0 Å². The van der Waals surface area contributed by atoms with Gasteiger partial charge in [0.2, 0.25) is 10.0 Å². The lowest BCUT2D eigenvalue weighted by molar-refractivity contribution is -0.156. The number of ether oxygens (including phenoxy) is 1. The number of aliphatic hydroxyl groups is 1. The third-order valence-corrected chi connectivity index (χ3v) is 7.16. The number of carbonyl (C=O) groups is 1. The molecule has 0 radical (unpaired) electrons. The molecule has 0 fully saturated rings. The van der Waals surface area contributed by atoms with Crippen LogP contribution in [0.15, 0.2) is 88.2 Å². The number of halogens is 1. The normalized spacial score (nSPS) is 14.4. The molecule has 0 bridgehead atoms. The van der Waals surface area contributed by atoms with Crippen LogP contribution in [0.1, 0.15) is 29.7 Å². The quantitative estimate of drug-likeness (QED) is 0.435. The van der Waals surface area contributed by atoms with Crippen LogP contribution >= 0.6 is 15.9 Å². The topological polar surface area (TPSA) is 92.7 Å². The van der Waals surface area contributed by atoms with Gasteiger partial charge in [-0.05, 0) is 49.2 Å². The van der Waals surface area contributed by atoms with Gasteiger partial charge < -0.3 is 9.84 Å². The monoisotopic (exact) mass is 517 g/mol. The lowest BCUT2D eigenvalue weighted by Gasteiger charge is -2.33. The fourth-order valence-electron chi connectivity index (χ4n) is 3.12. The Labute approximate surface area is 196 Å². The first-order chi connectivity index (χ1) is 15.1. The van der Waals surface area contributed by atoms with Crippen molar-refractivity contribution in [3.05, 3.63) is 100 Å². The van der Waals surface area contributed by atoms with Gasteiger partial charge in [0.25, 0.3) is 0 Å². The summed E-state index contributed by atoms with van der Waals surface area (Å²) in [5.74, 6) is -0.896. The third kappa shape index (κ3) is 5.63. The molecule has 0 aliphatic carbocycles. The molecule has 168 valence electrons. The Morgan fingerprint density at radius 2 is 1.62 bits per heavy atom. The van der Waals surface area contributed by atoms with E-state index >= 15 is 0 Å². The van der Waals surface area contributed by atoms with Gasteiger partial charge in [0, 0.05) is 4.47 Å². The minimum Gasteiger partial charge on any atom is -0.459 e. The molecule has 0 saturated heterocycles. The van der Waals surface area contributed by atoms with Gasteiger partial charge in [0.15, 0.2) is 5.54 Å². The van der Waals surface area contributed by atoms with Gasteiger partial charge in [-0.25, -0.2) is 13.2 Å². The van der Waals surface area contributed by atoms with Gasteiger partial charge in [-0.2, -0.15) is 4.72 Å². The van der Waals surface area contributed by atoms with E-state index in [4.69, 9.17) is 4.74 Å². The standard InChI is InChI=1S/C24H24BrNO5S/c1-17-8-14-21(15-9-17)32(29,30)26-24(2,22(27)19-10-12-20(25)13-11-19)23(28)31-16-18-6-4-3-5-7-18/h3-15,22,26-27H,16H2,1-2H3/t22-,24-/m0/s1. The van der Waals surface area contributed by atoms with Gasteiger partial charge in [-0.1, -0.05) is 76.1 Å². The number of rotatable bonds is 8. The summed E-state index contributed by atoms with van der Waals surface area (Å²) in [4.78, 5) is 13.1. The number of esters is 1. The Morgan fingerprint density at radius 3 is 2.22 bits per heavy atom. The zero-order chi connectivity index (χ0) is 23.4. The number of hydrogen-bond acceptors (Lipinski definition) is 5. The van der Waals surface area contributed by atoms with E-state index in [1.165, 1.54) is 19.1 Å². The summed E-state index contributed by atoms with van der Waals surface area (Å²) in [6.45, 7) is 3.10. The number of carbonyl (C=O) groups excluding carboxylic acids is 1. The fourth-order valence-corrected chi connectivity index (χ4v) is 4.75. The SMILES string of the molecule is Cc1ccc(S(=O)(=O)N[C@](C)(C(=O)OCc2ccccc2)[C@@H](O)c2ccc(Br)cc2)cc1. The van der Waals surface area contributed by atoms with Crippen molar-refractivity contribution < 1.29 is 23.1 Å². The highest BCUT2D eigenvalue weighted by molar-refractivity contribution is 9.10. The van der Waals surface area contributed by atoms with E-state index in [1.807, 2.05) is 13.0 Å². The predicted octanol–water partition coefficient (Wildman–Crippen LogP) is 4.27. The third-order valence-electron chi connectivity index (χ3n) is 5.05. The lowest BCUT2D eigenvalue weighted by Crippen LogP contribution is -2.56. The molecule has 0 amide bonds. The average Bonchev–Trinajstić information content (AvgIpc) is 2.78. The molecule has 0 unspecified atom stereocenters. The molecule has 2 atom stereocenters. The Morgan fingerprint density at radius 1 is 1.03 bits per heavy atom. The van der Waals surface area contributed by atoms with Crippen LogP contribution < -0.4 is 4.72 Å². The van der Waals surface area contributed by atoms with Crippen LogP contribution in [0.4, 0.5) is 0 Å². The van der Waals surface area contributed by atoms with Crippen LogP contribution in [0.2, 0.25) is 0 Å². The average molecular weight is 518 g/mol. The predicted molar refractivity (Wildman–Crippen MR) is 125 cm³/mol. The number of sulfonamides is 1. The van der Waals surface area contributed by atoms with E-state index in [-0.39, 0.29) is 11.5 Å². The van der Waals surface area contributed by atoms with Gasteiger partial charge in [0.1, 0.15) is 12.7 Å². The van der Waals surface area contributed by atoms with Gasteiger partial charge in [0.05, 0.1) is 4.90 Å². The van der Waals surface area contributed by atoms with Crippen LogP contribution in [0.25, 0.3) is 0 Å². The van der Waals surface area contributed by atoms with Crippen molar-refractivity contribution in [1.29, 1.82) is 0 Å². The summed E-state index contributed by atoms with van der Waals surface area (Å²) in [5.41, 5.74) is 0.0114. The molecule has 3 rings (SSSR count). The van der Waals surface area contributed by atoms with E-state index in [2.05, 4.69) is 20.7 Å². The first-order valence-electron chi connectivity index (χ1n) is 9.87. The molecule has 3 aromatic carbocycles. The second kappa shape index (κ2) is 9.95. The Bertz CT molecular complexity index is 1170. The van der Waals surface area contributed by atoms with Crippen LogP contribution in [0.3, 0.4) is 0 Å². The summed E-state index contributed by atoms with van der Waals surface area (Å²) in [7, 11) is -4.14. The van der Waals surface area contributed by atoms with E-state index < -0.39 is 27.6 Å². The second-order valence-corrected chi connectivity index (χ2v) is 10.2. The minimum atomic E-state index is -4.14. The molecule has 0 aliphatic heterocycles. The first-order valence-corrected chi connectivity index (χ1v) is 12.1. The smallest absolute Gasteiger partial charge is 0.330 e. The van der Waals surface area contributed by atoms with Gasteiger partial charge >= 0.3 is 5.97 Å². The highest BCUT2D eigenvalue weighted by Crippen LogP contribution is 2.30. The van der Waals surface area contributed by atoms with Gasteiger partial charge in [-0.3, -0.25) is 0 Å². The number of benzene rings is 3. The van der Waals surface area contributed by atoms with Crippen molar-refractivity contribution in [2.24, 2.45) is 0 Å². The molecule has 0 spiro atoms. The second-order valence-electron chi connectivity index (χ2n) is 7.64. The summed E-state index contributed by atoms with van der Waals surface area (Å²) >= 11 is 3.33. The molecule has 0 aliphatic rings. The number of nitrogens with one attached hydrogen (secondary N) is 1. The summed E-state index contributed by atoms with van der Waals surface area (Å²) < 4.78 is 34.8. The largest absolute Gasteiger partial charge is 0.459 e. The number of aryl methyl sites for hydroxylation is 1. The van der Waals surface area contributed by atoms with Crippen LogP contribution in [-0.4, -0.2) is 25.0 Å². The summed E-state index contributed by atoms with van der Waals surface area (Å²) in [6.07, 6.45) is -1.50. The number of hydrogen-bond donors (Lipinski definition) is 2. The van der Waals surface area contributed by atoms with Crippen LogP contribution in [0, 0.1) is 6.92 Å².